The van der Waals surface area contributed by atoms with Gasteiger partial charge in [0, 0.05) is 23.9 Å². The van der Waals surface area contributed by atoms with Crippen LogP contribution in [0.15, 0.2) is 54.7 Å². The van der Waals surface area contributed by atoms with E-state index in [2.05, 4.69) is 27.3 Å². The Morgan fingerprint density at radius 2 is 2.04 bits per heavy atom. The van der Waals surface area contributed by atoms with Crippen LogP contribution in [0, 0.1) is 10.1 Å². The molecule has 7 heteroatoms. The van der Waals surface area contributed by atoms with Crippen LogP contribution in [0.25, 0.3) is 17.5 Å². The number of nitro benzene ring substituents is 1. The van der Waals surface area contributed by atoms with E-state index in [9.17, 15) is 10.1 Å². The van der Waals surface area contributed by atoms with Gasteiger partial charge in [-0.2, -0.15) is 4.98 Å². The fourth-order valence-electron chi connectivity index (χ4n) is 2.66. The van der Waals surface area contributed by atoms with Crippen LogP contribution < -0.4 is 4.90 Å². The Balaban J connectivity index is 1.62. The third-order valence-electron chi connectivity index (χ3n) is 3.89. The molecule has 0 spiro atoms. The van der Waals surface area contributed by atoms with Crippen molar-refractivity contribution in [2.24, 2.45) is 0 Å². The first kappa shape index (κ1) is 14.1. The molecule has 0 radical (unpaired) electrons. The van der Waals surface area contributed by atoms with Crippen molar-refractivity contribution in [2.45, 2.75) is 6.54 Å². The molecule has 3 aromatic rings. The van der Waals surface area contributed by atoms with Gasteiger partial charge in [0.15, 0.2) is 5.82 Å². The molecule has 0 unspecified atom stereocenters. The summed E-state index contributed by atoms with van der Waals surface area (Å²) in [6.45, 7) is 0.679. The number of fused-ring (bicyclic) bond motifs is 1. The van der Waals surface area contributed by atoms with Gasteiger partial charge in [-0.3, -0.25) is 15.2 Å². The zero-order valence-electron chi connectivity index (χ0n) is 12.6. The number of nitrogens with one attached hydrogen (secondary N) is 1. The van der Waals surface area contributed by atoms with Crippen molar-refractivity contribution < 1.29 is 4.92 Å². The van der Waals surface area contributed by atoms with Crippen molar-refractivity contribution >= 4 is 17.7 Å². The molecule has 0 bridgehead atoms. The number of non-ortho nitro benzene ring substituents is 1. The van der Waals surface area contributed by atoms with Gasteiger partial charge in [0.1, 0.15) is 0 Å². The number of H-pyrrole nitrogens is 1. The second-order valence-corrected chi connectivity index (χ2v) is 5.43. The van der Waals surface area contributed by atoms with Gasteiger partial charge >= 0.3 is 0 Å². The van der Waals surface area contributed by atoms with Crippen molar-refractivity contribution in [1.82, 2.24) is 15.2 Å². The molecule has 4 rings (SSSR count). The first-order chi connectivity index (χ1) is 11.7. The van der Waals surface area contributed by atoms with Crippen LogP contribution >= 0.6 is 0 Å². The molecule has 1 aliphatic heterocycles. The lowest BCUT2D eigenvalue weighted by Crippen LogP contribution is -2.20. The predicted molar refractivity (Wildman–Crippen MR) is 90.1 cm³/mol. The Labute approximate surface area is 137 Å². The zero-order valence-corrected chi connectivity index (χ0v) is 12.6. The van der Waals surface area contributed by atoms with Crippen LogP contribution in [-0.2, 0) is 6.54 Å². The molecular formula is C17H13N5O2. The molecule has 2 heterocycles. The number of anilines is 1. The molecule has 1 aromatic heterocycles. The standard InChI is InChI=1S/C17H13N5O2/c23-22(24)15-7-3-6-13(10-15)16-18-17(20-19-16)21-9-8-12-4-1-2-5-14(12)11-21/h1-10H,11H2,(H,18,19,20). The van der Waals surface area contributed by atoms with Crippen LogP contribution in [0.5, 0.6) is 0 Å². The molecule has 1 aliphatic rings. The first-order valence-electron chi connectivity index (χ1n) is 7.41. The topological polar surface area (TPSA) is 87.9 Å². The highest BCUT2D eigenvalue weighted by Gasteiger charge is 2.17. The van der Waals surface area contributed by atoms with Crippen LogP contribution in [-0.4, -0.2) is 20.1 Å². The monoisotopic (exact) mass is 319 g/mol. The van der Waals surface area contributed by atoms with Crippen molar-refractivity contribution in [2.75, 3.05) is 4.90 Å². The number of nitro groups is 1. The van der Waals surface area contributed by atoms with Gasteiger partial charge < -0.3 is 4.90 Å². The Hall–Kier alpha value is -3.48. The molecule has 118 valence electrons. The number of rotatable bonds is 3. The van der Waals surface area contributed by atoms with Gasteiger partial charge in [0.2, 0.25) is 5.95 Å². The lowest BCUT2D eigenvalue weighted by molar-refractivity contribution is -0.384. The summed E-state index contributed by atoms with van der Waals surface area (Å²) in [4.78, 5) is 16.9. The van der Waals surface area contributed by atoms with E-state index in [1.165, 1.54) is 23.3 Å². The summed E-state index contributed by atoms with van der Waals surface area (Å²) in [5.41, 5.74) is 3.03. The SMILES string of the molecule is O=[N+]([O-])c1cccc(-c2nc(N3C=Cc4ccccc4C3)n[nH]2)c1. The summed E-state index contributed by atoms with van der Waals surface area (Å²) in [5.74, 6) is 1.03. The molecule has 0 aliphatic carbocycles. The van der Waals surface area contributed by atoms with E-state index in [1.807, 2.05) is 29.3 Å². The minimum atomic E-state index is -0.426. The van der Waals surface area contributed by atoms with Crippen molar-refractivity contribution in [3.63, 3.8) is 0 Å². The highest BCUT2D eigenvalue weighted by molar-refractivity contribution is 5.64. The van der Waals surface area contributed by atoms with Crippen LogP contribution in [0.4, 0.5) is 11.6 Å². The van der Waals surface area contributed by atoms with E-state index in [0.29, 0.717) is 23.9 Å². The second-order valence-electron chi connectivity index (χ2n) is 5.43. The number of hydrogen-bond donors (Lipinski definition) is 1. The van der Waals surface area contributed by atoms with Gasteiger partial charge in [-0.05, 0) is 17.2 Å². The summed E-state index contributed by atoms with van der Waals surface area (Å²) >= 11 is 0. The van der Waals surface area contributed by atoms with Gasteiger partial charge in [-0.15, -0.1) is 5.10 Å². The lowest BCUT2D eigenvalue weighted by Gasteiger charge is -2.21. The number of benzene rings is 2. The second kappa shape index (κ2) is 5.62. The number of aromatic amines is 1. The highest BCUT2D eigenvalue weighted by atomic mass is 16.6. The molecule has 24 heavy (non-hydrogen) atoms. The van der Waals surface area contributed by atoms with Crippen molar-refractivity contribution in [3.8, 4) is 11.4 Å². The van der Waals surface area contributed by atoms with Gasteiger partial charge in [-0.25, -0.2) is 0 Å². The molecule has 0 fully saturated rings. The predicted octanol–water partition coefficient (Wildman–Crippen LogP) is 3.37. The molecule has 0 saturated carbocycles. The fraction of sp³-hybridized carbons (Fsp3) is 0.0588. The van der Waals surface area contributed by atoms with Gasteiger partial charge in [-0.1, -0.05) is 36.4 Å². The third-order valence-corrected chi connectivity index (χ3v) is 3.89. The Bertz CT molecular complexity index is 947. The van der Waals surface area contributed by atoms with Gasteiger partial charge in [0.05, 0.1) is 11.5 Å². The fourth-order valence-corrected chi connectivity index (χ4v) is 2.66. The first-order valence-corrected chi connectivity index (χ1v) is 7.41. The highest BCUT2D eigenvalue weighted by Crippen LogP contribution is 2.25. The van der Waals surface area contributed by atoms with E-state index < -0.39 is 4.92 Å². The third kappa shape index (κ3) is 2.52. The molecule has 2 aromatic carbocycles. The molecular weight excluding hydrogens is 306 g/mol. The molecule has 7 nitrogen and oxygen atoms in total. The quantitative estimate of drug-likeness (QED) is 0.590. The molecule has 0 amide bonds. The Morgan fingerprint density at radius 1 is 1.17 bits per heavy atom. The summed E-state index contributed by atoms with van der Waals surface area (Å²) < 4.78 is 0. The summed E-state index contributed by atoms with van der Waals surface area (Å²) in [6.07, 6.45) is 3.95. The van der Waals surface area contributed by atoms with Crippen LogP contribution in [0.1, 0.15) is 11.1 Å². The maximum Gasteiger partial charge on any atom is 0.270 e. The number of hydrogen-bond acceptors (Lipinski definition) is 5. The minimum absolute atomic E-state index is 0.0252. The average Bonchev–Trinajstić information content (AvgIpc) is 3.11. The summed E-state index contributed by atoms with van der Waals surface area (Å²) in [7, 11) is 0. The number of aromatic nitrogens is 3. The summed E-state index contributed by atoms with van der Waals surface area (Å²) in [6, 6.07) is 14.5. The van der Waals surface area contributed by atoms with E-state index >= 15 is 0 Å². The molecule has 1 N–H and O–H groups in total. The van der Waals surface area contributed by atoms with Crippen LogP contribution in [0.2, 0.25) is 0 Å². The maximum atomic E-state index is 10.9. The van der Waals surface area contributed by atoms with E-state index in [1.54, 1.807) is 12.1 Å². The van der Waals surface area contributed by atoms with E-state index in [0.717, 1.165) is 0 Å². The summed E-state index contributed by atoms with van der Waals surface area (Å²) in [5, 5.41) is 18.0. The smallest absolute Gasteiger partial charge is 0.270 e. The molecule has 0 atom stereocenters. The minimum Gasteiger partial charge on any atom is -0.311 e. The molecule has 0 saturated heterocycles. The Kier molecular flexibility index (Phi) is 3.31. The van der Waals surface area contributed by atoms with E-state index in [4.69, 9.17) is 0 Å². The Morgan fingerprint density at radius 3 is 2.92 bits per heavy atom. The zero-order chi connectivity index (χ0) is 16.5. The van der Waals surface area contributed by atoms with Gasteiger partial charge in [0.25, 0.3) is 5.69 Å². The number of nitrogens with zero attached hydrogens (tertiary/aromatic N) is 4. The lowest BCUT2D eigenvalue weighted by atomic mass is 10.0. The van der Waals surface area contributed by atoms with E-state index in [-0.39, 0.29) is 5.69 Å². The largest absolute Gasteiger partial charge is 0.311 e. The maximum absolute atomic E-state index is 10.9. The van der Waals surface area contributed by atoms with Crippen LogP contribution in [0.3, 0.4) is 0 Å². The van der Waals surface area contributed by atoms with Crippen molar-refractivity contribution in [3.05, 3.63) is 76.0 Å². The average molecular weight is 319 g/mol. The normalized spacial score (nSPS) is 12.9. The van der Waals surface area contributed by atoms with Crippen molar-refractivity contribution in [1.29, 1.82) is 0 Å².